The summed E-state index contributed by atoms with van der Waals surface area (Å²) >= 11 is 1.22. The lowest BCUT2D eigenvalue weighted by molar-refractivity contribution is -0.107. The lowest BCUT2D eigenvalue weighted by Crippen LogP contribution is -1.89. The molecule has 3 nitrogen and oxygen atoms in total. The highest BCUT2D eigenvalue weighted by atomic mass is 32.1. The second-order valence-corrected chi connectivity index (χ2v) is 4.39. The number of carboxylic acids is 1. The molecule has 4 heteroatoms. The van der Waals surface area contributed by atoms with Crippen molar-refractivity contribution in [1.29, 1.82) is 0 Å². The molecule has 0 fully saturated rings. The molecule has 1 aromatic heterocycles. The Morgan fingerprint density at radius 2 is 2.29 bits per heavy atom. The third-order valence-corrected chi connectivity index (χ3v) is 3.27. The number of aromatic carboxylic acids is 1. The Labute approximate surface area is 102 Å². The Morgan fingerprint density at radius 1 is 1.47 bits per heavy atom. The number of hydrogen-bond acceptors (Lipinski definition) is 3. The van der Waals surface area contributed by atoms with Gasteiger partial charge >= 0.3 is 5.97 Å². The number of benzene rings is 1. The molecule has 0 aliphatic carbocycles. The normalized spacial score (nSPS) is 9.65. The van der Waals surface area contributed by atoms with Gasteiger partial charge in [0.1, 0.15) is 11.2 Å². The second kappa shape index (κ2) is 4.81. The van der Waals surface area contributed by atoms with Crippen LogP contribution in [0.2, 0.25) is 0 Å². The topological polar surface area (TPSA) is 54.4 Å². The Bertz CT molecular complexity index is 643. The first kappa shape index (κ1) is 11.4. The number of carbonyl (C=O) groups excluding carboxylic acids is 1. The van der Waals surface area contributed by atoms with E-state index in [0.29, 0.717) is 4.88 Å². The first-order valence-electron chi connectivity index (χ1n) is 4.90. The largest absolute Gasteiger partial charge is 0.477 e. The molecular formula is C13H8O3S. The standard InChI is InChI=1S/C13H8O3S/c14-7-2-1-4-9-5-3-6-11-10(9)8-12(17-11)13(15)16/h3,5-8H,2H2,(H,15,16). The van der Waals surface area contributed by atoms with E-state index >= 15 is 0 Å². The first-order valence-corrected chi connectivity index (χ1v) is 5.72. The molecule has 0 saturated heterocycles. The summed E-state index contributed by atoms with van der Waals surface area (Å²) < 4.78 is 0.889. The predicted octanol–water partition coefficient (Wildman–Crippen LogP) is 2.54. The van der Waals surface area contributed by atoms with E-state index in [0.717, 1.165) is 21.9 Å². The van der Waals surface area contributed by atoms with Gasteiger partial charge in [0.2, 0.25) is 0 Å². The number of hydrogen-bond donors (Lipinski definition) is 1. The number of thiophene rings is 1. The third-order valence-electron chi connectivity index (χ3n) is 2.18. The van der Waals surface area contributed by atoms with Crippen molar-refractivity contribution in [3.63, 3.8) is 0 Å². The fourth-order valence-corrected chi connectivity index (χ4v) is 2.39. The van der Waals surface area contributed by atoms with Crippen LogP contribution in [0, 0.1) is 11.8 Å². The van der Waals surface area contributed by atoms with Crippen LogP contribution in [0.3, 0.4) is 0 Å². The fourth-order valence-electron chi connectivity index (χ4n) is 1.46. The van der Waals surface area contributed by atoms with E-state index in [2.05, 4.69) is 11.8 Å². The van der Waals surface area contributed by atoms with Crippen LogP contribution in [-0.2, 0) is 4.79 Å². The minimum atomic E-state index is -0.932. The van der Waals surface area contributed by atoms with Gasteiger partial charge in [0.15, 0.2) is 0 Å². The molecule has 1 heterocycles. The summed E-state index contributed by atoms with van der Waals surface area (Å²) in [7, 11) is 0. The number of fused-ring (bicyclic) bond motifs is 1. The molecule has 0 saturated carbocycles. The maximum Gasteiger partial charge on any atom is 0.345 e. The summed E-state index contributed by atoms with van der Waals surface area (Å²) in [4.78, 5) is 21.3. The van der Waals surface area contributed by atoms with Crippen LogP contribution in [0.25, 0.3) is 10.1 Å². The minimum absolute atomic E-state index is 0.187. The fraction of sp³-hybridized carbons (Fsp3) is 0.0769. The highest BCUT2D eigenvalue weighted by Crippen LogP contribution is 2.27. The molecule has 0 aliphatic heterocycles. The monoisotopic (exact) mass is 244 g/mol. The SMILES string of the molecule is O=CCC#Cc1cccc2sc(C(=O)O)cc12. The first-order chi connectivity index (χ1) is 8.22. The van der Waals surface area contributed by atoms with Gasteiger partial charge in [-0.1, -0.05) is 17.9 Å². The van der Waals surface area contributed by atoms with Crippen LogP contribution in [0.1, 0.15) is 21.7 Å². The predicted molar refractivity (Wildman–Crippen MR) is 66.3 cm³/mol. The average molecular weight is 244 g/mol. The van der Waals surface area contributed by atoms with Crippen molar-refractivity contribution in [2.45, 2.75) is 6.42 Å². The van der Waals surface area contributed by atoms with Gasteiger partial charge in [0.05, 0.1) is 6.42 Å². The zero-order chi connectivity index (χ0) is 12.3. The Kier molecular flexibility index (Phi) is 3.22. The molecule has 84 valence electrons. The highest BCUT2D eigenvalue weighted by molar-refractivity contribution is 7.20. The summed E-state index contributed by atoms with van der Waals surface area (Å²) in [6.45, 7) is 0. The van der Waals surface area contributed by atoms with Crippen LogP contribution >= 0.6 is 11.3 Å². The Balaban J connectivity index is 2.54. The van der Waals surface area contributed by atoms with Crippen molar-refractivity contribution in [2.24, 2.45) is 0 Å². The Hall–Kier alpha value is -2.12. The zero-order valence-corrected chi connectivity index (χ0v) is 9.58. The number of rotatable bonds is 2. The molecule has 2 aromatic rings. The van der Waals surface area contributed by atoms with Gasteiger partial charge in [-0.3, -0.25) is 0 Å². The van der Waals surface area contributed by atoms with Crippen molar-refractivity contribution in [2.75, 3.05) is 0 Å². The van der Waals surface area contributed by atoms with Crippen LogP contribution in [-0.4, -0.2) is 17.4 Å². The van der Waals surface area contributed by atoms with Crippen LogP contribution in [0.5, 0.6) is 0 Å². The van der Waals surface area contributed by atoms with Crippen LogP contribution < -0.4 is 0 Å². The number of carboxylic acid groups (broad SMARTS) is 1. The van der Waals surface area contributed by atoms with Crippen molar-refractivity contribution in [3.05, 3.63) is 34.7 Å². The molecule has 0 radical (unpaired) electrons. The van der Waals surface area contributed by atoms with E-state index in [-0.39, 0.29) is 6.42 Å². The molecule has 0 unspecified atom stereocenters. The van der Waals surface area contributed by atoms with E-state index in [1.54, 1.807) is 6.07 Å². The third kappa shape index (κ3) is 2.35. The molecule has 1 N–H and O–H groups in total. The highest BCUT2D eigenvalue weighted by Gasteiger charge is 2.09. The maximum absolute atomic E-state index is 10.9. The summed E-state index contributed by atoms with van der Waals surface area (Å²) in [5, 5.41) is 9.75. The molecule has 0 aliphatic rings. The number of aldehydes is 1. The van der Waals surface area contributed by atoms with Crippen molar-refractivity contribution >= 4 is 33.7 Å². The van der Waals surface area contributed by atoms with Gasteiger partial charge in [-0.05, 0) is 18.2 Å². The van der Waals surface area contributed by atoms with Gasteiger partial charge in [0, 0.05) is 15.6 Å². The van der Waals surface area contributed by atoms with E-state index in [1.807, 2.05) is 18.2 Å². The average Bonchev–Trinajstić information content (AvgIpc) is 2.74. The maximum atomic E-state index is 10.9. The lowest BCUT2D eigenvalue weighted by Gasteiger charge is -1.92. The van der Waals surface area contributed by atoms with E-state index in [1.165, 1.54) is 11.3 Å². The van der Waals surface area contributed by atoms with Gasteiger partial charge in [-0.15, -0.1) is 11.3 Å². The van der Waals surface area contributed by atoms with Gasteiger partial charge in [-0.25, -0.2) is 4.79 Å². The molecular weight excluding hydrogens is 236 g/mol. The van der Waals surface area contributed by atoms with E-state index in [9.17, 15) is 9.59 Å². The molecule has 0 amide bonds. The molecule has 17 heavy (non-hydrogen) atoms. The van der Waals surface area contributed by atoms with E-state index < -0.39 is 5.97 Å². The summed E-state index contributed by atoms with van der Waals surface area (Å²) in [5.74, 6) is 4.66. The van der Waals surface area contributed by atoms with Gasteiger partial charge < -0.3 is 9.90 Å². The summed E-state index contributed by atoms with van der Waals surface area (Å²) in [6.07, 6.45) is 0.926. The zero-order valence-electron chi connectivity index (χ0n) is 8.77. The summed E-state index contributed by atoms with van der Waals surface area (Å²) in [6, 6.07) is 7.12. The van der Waals surface area contributed by atoms with Gasteiger partial charge in [0.25, 0.3) is 0 Å². The molecule has 0 atom stereocenters. The van der Waals surface area contributed by atoms with Crippen molar-refractivity contribution in [1.82, 2.24) is 0 Å². The van der Waals surface area contributed by atoms with Crippen LogP contribution in [0.15, 0.2) is 24.3 Å². The van der Waals surface area contributed by atoms with Crippen LogP contribution in [0.4, 0.5) is 0 Å². The minimum Gasteiger partial charge on any atom is -0.477 e. The van der Waals surface area contributed by atoms with Crippen molar-refractivity contribution < 1.29 is 14.7 Å². The molecule has 2 rings (SSSR count). The quantitative estimate of drug-likeness (QED) is 0.652. The lowest BCUT2D eigenvalue weighted by atomic mass is 10.1. The molecule has 0 bridgehead atoms. The molecule has 1 aromatic carbocycles. The van der Waals surface area contributed by atoms with Crippen molar-refractivity contribution in [3.8, 4) is 11.8 Å². The molecule has 0 spiro atoms. The number of carbonyl (C=O) groups is 2. The van der Waals surface area contributed by atoms with E-state index in [4.69, 9.17) is 5.11 Å². The second-order valence-electron chi connectivity index (χ2n) is 3.31. The van der Waals surface area contributed by atoms with Gasteiger partial charge in [-0.2, -0.15) is 0 Å². The summed E-state index contributed by atoms with van der Waals surface area (Å²) in [5.41, 5.74) is 0.758. The Morgan fingerprint density at radius 3 is 3.00 bits per heavy atom. The smallest absolute Gasteiger partial charge is 0.345 e.